The van der Waals surface area contributed by atoms with Crippen LogP contribution in [0, 0.1) is 0 Å². The molecule has 0 saturated heterocycles. The number of benzene rings is 5. The van der Waals surface area contributed by atoms with Crippen LogP contribution in [0.3, 0.4) is 0 Å². The van der Waals surface area contributed by atoms with Gasteiger partial charge in [0.1, 0.15) is 23.0 Å². The van der Waals surface area contributed by atoms with Gasteiger partial charge in [-0.1, -0.05) is 190 Å². The van der Waals surface area contributed by atoms with E-state index in [1.165, 1.54) is 0 Å². The first-order valence-corrected chi connectivity index (χ1v) is 26.2. The largest absolute Gasteiger partial charge is 0.507 e. The van der Waals surface area contributed by atoms with Gasteiger partial charge in [-0.05, 0) is 102 Å². The summed E-state index contributed by atoms with van der Waals surface area (Å²) in [7, 11) is 0. The predicted octanol–water partition coefficient (Wildman–Crippen LogP) is 17.9. The number of phenols is 4. The molecular weight excluding hydrogens is 1040 g/mol. The molecule has 0 heterocycles. The van der Waals surface area contributed by atoms with Crippen molar-refractivity contribution in [2.24, 2.45) is 20.0 Å². The SMILES string of the molecule is CC(C)(C)c1cc(C=Nc2cc(N=Cc3cc(C(C)(C)C)cc(C(C)(C)C)c3O)c(N=Cc3cc(C(C)(C)C)cc(C(C)(C)C)c3O)cc2N=Cc2cc(C(C)(C)C)cc(C(C)(C)C)c2O)c(O)c(C(C)(C)C)c1.[Zn].[Zn]. The van der Waals surface area contributed by atoms with Gasteiger partial charge in [-0.15, -0.1) is 0 Å². The fraction of sp³-hybridized carbons (Fsp3) is 0.485. The van der Waals surface area contributed by atoms with E-state index >= 15 is 0 Å². The van der Waals surface area contributed by atoms with Gasteiger partial charge < -0.3 is 20.4 Å². The molecule has 5 rings (SSSR count). The van der Waals surface area contributed by atoms with Gasteiger partial charge in [0.15, 0.2) is 0 Å². The van der Waals surface area contributed by atoms with Crippen LogP contribution in [0.5, 0.6) is 23.0 Å². The van der Waals surface area contributed by atoms with Crippen LogP contribution in [-0.4, -0.2) is 45.3 Å². The smallest absolute Gasteiger partial charge is 0.128 e. The zero-order chi connectivity index (χ0) is 56.3. The molecule has 76 heavy (non-hydrogen) atoms. The van der Waals surface area contributed by atoms with Crippen molar-refractivity contribution in [3.05, 3.63) is 127 Å². The number of phenolic OH excluding ortho intramolecular Hbond substituents is 4. The van der Waals surface area contributed by atoms with E-state index in [2.05, 4.69) is 190 Å². The molecular formula is C66H90N4O4Zn2. The first kappa shape index (κ1) is 65.5. The minimum Gasteiger partial charge on any atom is -0.507 e. The molecule has 0 fully saturated rings. The molecule has 0 unspecified atom stereocenters. The van der Waals surface area contributed by atoms with Crippen LogP contribution in [0.15, 0.2) is 80.6 Å². The predicted molar refractivity (Wildman–Crippen MR) is 317 cm³/mol. The van der Waals surface area contributed by atoms with Gasteiger partial charge in [0.25, 0.3) is 0 Å². The molecule has 10 heteroatoms. The Morgan fingerprint density at radius 2 is 0.408 bits per heavy atom. The zero-order valence-corrected chi connectivity index (χ0v) is 57.0. The van der Waals surface area contributed by atoms with Crippen molar-refractivity contribution < 1.29 is 59.4 Å². The molecule has 5 aromatic rings. The van der Waals surface area contributed by atoms with Crippen molar-refractivity contribution in [3.63, 3.8) is 0 Å². The molecule has 0 radical (unpaired) electrons. The second-order valence-corrected chi connectivity index (χ2v) is 28.7. The molecule has 8 nitrogen and oxygen atoms in total. The molecule has 402 valence electrons. The van der Waals surface area contributed by atoms with Crippen molar-refractivity contribution in [1.82, 2.24) is 0 Å². The van der Waals surface area contributed by atoms with Crippen LogP contribution in [-0.2, 0) is 82.3 Å². The minimum atomic E-state index is -0.363. The van der Waals surface area contributed by atoms with E-state index in [-0.39, 0.29) is 105 Å². The van der Waals surface area contributed by atoms with Crippen LogP contribution in [0.1, 0.15) is 233 Å². The van der Waals surface area contributed by atoms with E-state index in [1.54, 1.807) is 24.9 Å². The molecule has 0 spiro atoms. The summed E-state index contributed by atoms with van der Waals surface area (Å²) in [4.78, 5) is 20.5. The molecule has 4 N–H and O–H groups in total. The van der Waals surface area contributed by atoms with E-state index in [0.717, 1.165) is 44.5 Å². The monoisotopic (exact) mass is 1130 g/mol. The van der Waals surface area contributed by atoms with Gasteiger partial charge in [-0.2, -0.15) is 0 Å². The molecule has 0 bridgehead atoms. The third-order valence-electron chi connectivity index (χ3n) is 13.7. The Kier molecular flexibility index (Phi) is 19.7. The number of aliphatic imine (C=N–C) groups is 4. The Morgan fingerprint density at radius 1 is 0.250 bits per heavy atom. The first-order valence-electron chi connectivity index (χ1n) is 26.2. The van der Waals surface area contributed by atoms with Crippen LogP contribution < -0.4 is 0 Å². The van der Waals surface area contributed by atoms with Crippen molar-refractivity contribution in [3.8, 4) is 23.0 Å². The number of hydrogen-bond acceptors (Lipinski definition) is 8. The Hall–Kier alpha value is -4.77. The average Bonchev–Trinajstić information content (AvgIpc) is 3.21. The molecule has 0 aliphatic rings. The van der Waals surface area contributed by atoms with E-state index < -0.39 is 0 Å². The second-order valence-electron chi connectivity index (χ2n) is 28.7. The Bertz CT molecular complexity index is 2640. The van der Waals surface area contributed by atoms with Crippen molar-refractivity contribution in [2.75, 3.05) is 0 Å². The summed E-state index contributed by atoms with van der Waals surface area (Å²) in [6.07, 6.45) is 6.72. The summed E-state index contributed by atoms with van der Waals surface area (Å²) >= 11 is 0. The van der Waals surface area contributed by atoms with Gasteiger partial charge >= 0.3 is 0 Å². The maximum absolute atomic E-state index is 11.9. The van der Waals surface area contributed by atoms with Crippen LogP contribution >= 0.6 is 0 Å². The first-order chi connectivity index (χ1) is 33.4. The number of rotatable bonds is 8. The van der Waals surface area contributed by atoms with Crippen LogP contribution in [0.4, 0.5) is 22.7 Å². The van der Waals surface area contributed by atoms with Crippen LogP contribution in [0.2, 0.25) is 0 Å². The standard InChI is InChI=1S/C66H90N4O4.2Zn/c1-59(2,3)43-25-39(55(71)47(29-43)63(13,14)15)35-67-51-33-53(69-37-41-27-45(61(7,8)9)31-49(57(41)73)65(19,20)21)54(70-38-42-28-46(62(10,11)12)32-50(58(42)74)66(22,23)24)34-52(51)68-36-40-26-44(60(4,5)6)30-48(56(40)72)64(16,17)18;;/h25-38,71-74H,1-24H3;;. The summed E-state index contributed by atoms with van der Waals surface area (Å²) in [5.41, 5.74) is 9.00. The van der Waals surface area contributed by atoms with E-state index in [1.807, 2.05) is 36.4 Å². The number of nitrogens with zero attached hydrogens (tertiary/aromatic N) is 4. The molecule has 0 atom stereocenters. The Labute approximate surface area is 483 Å². The molecule has 5 aromatic carbocycles. The Balaban J connectivity index is 0.00000760. The zero-order valence-electron chi connectivity index (χ0n) is 51.1. The quantitative estimate of drug-likeness (QED) is 0.0910. The molecule has 0 aromatic heterocycles. The van der Waals surface area contributed by atoms with Crippen molar-refractivity contribution in [2.45, 2.75) is 209 Å². The van der Waals surface area contributed by atoms with Gasteiger partial charge in [0.05, 0.1) is 22.7 Å². The maximum atomic E-state index is 11.9. The molecule has 0 aliphatic carbocycles. The molecule has 0 aliphatic heterocycles. The second kappa shape index (κ2) is 22.9. The van der Waals surface area contributed by atoms with E-state index in [0.29, 0.717) is 45.0 Å². The third kappa shape index (κ3) is 15.7. The number of aromatic hydroxyl groups is 4. The fourth-order valence-electron chi connectivity index (χ4n) is 8.56. The van der Waals surface area contributed by atoms with Gasteiger partial charge in [-0.3, -0.25) is 20.0 Å². The van der Waals surface area contributed by atoms with Gasteiger partial charge in [0, 0.05) is 108 Å². The summed E-state index contributed by atoms with van der Waals surface area (Å²) in [6.45, 7) is 50.9. The fourth-order valence-corrected chi connectivity index (χ4v) is 8.56. The number of hydrogen-bond donors (Lipinski definition) is 4. The topological polar surface area (TPSA) is 130 Å². The normalized spacial score (nSPS) is 13.6. The molecule has 0 saturated carbocycles. The van der Waals surface area contributed by atoms with Crippen molar-refractivity contribution in [1.29, 1.82) is 0 Å². The van der Waals surface area contributed by atoms with E-state index in [9.17, 15) is 20.4 Å². The van der Waals surface area contributed by atoms with Crippen molar-refractivity contribution >= 4 is 47.6 Å². The third-order valence-corrected chi connectivity index (χ3v) is 13.7. The summed E-state index contributed by atoms with van der Waals surface area (Å²) in [6, 6.07) is 19.9. The summed E-state index contributed by atoms with van der Waals surface area (Å²) in [5.74, 6) is 0.586. The average molecular weight is 1130 g/mol. The van der Waals surface area contributed by atoms with Gasteiger partial charge in [0.2, 0.25) is 0 Å². The van der Waals surface area contributed by atoms with Gasteiger partial charge in [-0.25, -0.2) is 0 Å². The van der Waals surface area contributed by atoms with E-state index in [4.69, 9.17) is 20.0 Å². The minimum absolute atomic E-state index is 0. The van der Waals surface area contributed by atoms with Crippen LogP contribution in [0.25, 0.3) is 0 Å². The summed E-state index contributed by atoms with van der Waals surface area (Å²) in [5, 5.41) is 47.7. The Morgan fingerprint density at radius 3 is 0.539 bits per heavy atom. The molecule has 0 amide bonds. The maximum Gasteiger partial charge on any atom is 0.128 e. The summed E-state index contributed by atoms with van der Waals surface area (Å²) < 4.78 is 0.